The Hall–Kier alpha value is -1.83. The molecule has 0 amide bonds. The van der Waals surface area contributed by atoms with Crippen molar-refractivity contribution in [2.24, 2.45) is 7.05 Å². The Kier molecular flexibility index (Phi) is 4.32. The van der Waals surface area contributed by atoms with Gasteiger partial charge in [0.25, 0.3) is 5.56 Å². The van der Waals surface area contributed by atoms with E-state index in [2.05, 4.69) is 21.2 Å². The van der Waals surface area contributed by atoms with Gasteiger partial charge in [0.2, 0.25) is 0 Å². The van der Waals surface area contributed by atoms with Gasteiger partial charge in [0.1, 0.15) is 11.5 Å². The molecule has 8 heteroatoms. The molecule has 0 bridgehead atoms. The first-order chi connectivity index (χ1) is 10.2. The summed E-state index contributed by atoms with van der Waals surface area (Å²) >= 11 is 3.15. The van der Waals surface area contributed by atoms with Crippen LogP contribution in [0.2, 0.25) is 0 Å². The van der Waals surface area contributed by atoms with Crippen LogP contribution in [0.4, 0.5) is 23.2 Å². The molecule has 0 unspecified atom stereocenters. The second-order valence-corrected chi connectivity index (χ2v) is 5.41. The molecule has 118 valence electrons. The van der Waals surface area contributed by atoms with E-state index in [1.165, 1.54) is 6.07 Å². The molecule has 0 aliphatic rings. The van der Waals surface area contributed by atoms with Gasteiger partial charge in [-0.05, 0) is 40.2 Å². The molecule has 3 nitrogen and oxygen atoms in total. The molecule has 1 heterocycles. The van der Waals surface area contributed by atoms with Crippen LogP contribution in [-0.4, -0.2) is 11.6 Å². The quantitative estimate of drug-likeness (QED) is 0.801. The number of pyridine rings is 1. The topological polar surface area (TPSA) is 34.0 Å². The number of anilines is 1. The molecule has 0 saturated carbocycles. The minimum absolute atomic E-state index is 0.0677. The van der Waals surface area contributed by atoms with Crippen LogP contribution in [0.25, 0.3) is 11.1 Å². The van der Waals surface area contributed by atoms with Gasteiger partial charge in [-0.25, -0.2) is 4.39 Å². The van der Waals surface area contributed by atoms with Crippen molar-refractivity contribution in [3.05, 3.63) is 50.6 Å². The van der Waals surface area contributed by atoms with Crippen LogP contribution < -0.4 is 10.9 Å². The van der Waals surface area contributed by atoms with E-state index in [0.29, 0.717) is 14.7 Å². The number of rotatable bonds is 2. The lowest BCUT2D eigenvalue weighted by atomic mass is 10.1. The van der Waals surface area contributed by atoms with Crippen LogP contribution in [-0.2, 0) is 13.2 Å². The molecule has 0 aliphatic carbocycles. The third-order valence-corrected chi connectivity index (χ3v) is 3.87. The number of aromatic nitrogens is 1. The first-order valence-corrected chi connectivity index (χ1v) is 6.90. The van der Waals surface area contributed by atoms with E-state index in [-0.39, 0.29) is 11.1 Å². The Bertz CT molecular complexity index is 784. The second-order valence-electron chi connectivity index (χ2n) is 4.56. The highest BCUT2D eigenvalue weighted by molar-refractivity contribution is 9.10. The van der Waals surface area contributed by atoms with Crippen LogP contribution in [0, 0.1) is 5.82 Å². The Morgan fingerprint density at radius 3 is 2.36 bits per heavy atom. The van der Waals surface area contributed by atoms with Crippen molar-refractivity contribution in [2.45, 2.75) is 6.18 Å². The van der Waals surface area contributed by atoms with Crippen molar-refractivity contribution in [1.82, 2.24) is 4.57 Å². The molecule has 1 aromatic carbocycles. The van der Waals surface area contributed by atoms with Gasteiger partial charge in [0.05, 0.1) is 5.56 Å². The smallest absolute Gasteiger partial charge is 0.387 e. The van der Waals surface area contributed by atoms with Crippen LogP contribution in [0.1, 0.15) is 5.69 Å². The minimum Gasteiger partial charge on any atom is -0.387 e. The lowest BCUT2D eigenvalue weighted by Gasteiger charge is -2.14. The zero-order valence-corrected chi connectivity index (χ0v) is 13.1. The van der Waals surface area contributed by atoms with Gasteiger partial charge in [0.15, 0.2) is 0 Å². The van der Waals surface area contributed by atoms with Crippen molar-refractivity contribution < 1.29 is 17.6 Å². The van der Waals surface area contributed by atoms with E-state index in [1.54, 1.807) is 7.05 Å². The third-order valence-electron chi connectivity index (χ3n) is 3.21. The summed E-state index contributed by atoms with van der Waals surface area (Å²) in [6.45, 7) is 0. The Labute approximate surface area is 131 Å². The molecule has 0 saturated heterocycles. The molecule has 0 fully saturated rings. The second kappa shape index (κ2) is 5.75. The van der Waals surface area contributed by atoms with Gasteiger partial charge < -0.3 is 9.88 Å². The predicted molar refractivity (Wildman–Crippen MR) is 79.3 cm³/mol. The van der Waals surface area contributed by atoms with E-state index in [1.807, 2.05) is 0 Å². The summed E-state index contributed by atoms with van der Waals surface area (Å²) in [6, 6.07) is 4.26. The number of halogens is 5. The fourth-order valence-corrected chi connectivity index (χ4v) is 2.59. The molecule has 2 aromatic rings. The van der Waals surface area contributed by atoms with Gasteiger partial charge in [-0.15, -0.1) is 0 Å². The van der Waals surface area contributed by atoms with Crippen molar-refractivity contribution in [3.8, 4) is 11.1 Å². The average molecular weight is 379 g/mol. The first-order valence-electron chi connectivity index (χ1n) is 6.11. The monoisotopic (exact) mass is 378 g/mol. The molecule has 2 rings (SSSR count). The highest BCUT2D eigenvalue weighted by Gasteiger charge is 2.34. The van der Waals surface area contributed by atoms with E-state index < -0.39 is 23.2 Å². The number of hydrogen-bond acceptors (Lipinski definition) is 2. The standard InChI is InChI=1S/C14H11BrF4N2O/c1-20-11-5-8(10(16)6-9(11)15)7-3-4-12(14(17,18)19)21(2)13(7)22/h3-6,20H,1-2H3. The predicted octanol–water partition coefficient (Wildman–Crippen LogP) is 4.01. The molecule has 22 heavy (non-hydrogen) atoms. The molecule has 0 atom stereocenters. The summed E-state index contributed by atoms with van der Waals surface area (Å²) < 4.78 is 53.3. The lowest BCUT2D eigenvalue weighted by Crippen LogP contribution is -2.26. The summed E-state index contributed by atoms with van der Waals surface area (Å²) in [5, 5.41) is 2.80. The highest BCUT2D eigenvalue weighted by Crippen LogP contribution is 2.32. The Balaban J connectivity index is 2.70. The Morgan fingerprint density at radius 2 is 1.82 bits per heavy atom. The molecule has 0 aliphatic heterocycles. The zero-order valence-electron chi connectivity index (χ0n) is 11.6. The summed E-state index contributed by atoms with van der Waals surface area (Å²) in [5.41, 5.74) is -1.71. The van der Waals surface area contributed by atoms with Crippen LogP contribution in [0.5, 0.6) is 0 Å². The van der Waals surface area contributed by atoms with Crippen LogP contribution in [0.15, 0.2) is 33.5 Å². The fourth-order valence-electron chi connectivity index (χ4n) is 2.07. The van der Waals surface area contributed by atoms with Crippen molar-refractivity contribution in [2.75, 3.05) is 12.4 Å². The Morgan fingerprint density at radius 1 is 1.18 bits per heavy atom. The summed E-state index contributed by atoms with van der Waals surface area (Å²) in [6.07, 6.45) is -4.65. The van der Waals surface area contributed by atoms with E-state index in [9.17, 15) is 22.4 Å². The van der Waals surface area contributed by atoms with Crippen molar-refractivity contribution in [1.29, 1.82) is 0 Å². The summed E-state index contributed by atoms with van der Waals surface area (Å²) in [7, 11) is 2.61. The van der Waals surface area contributed by atoms with Gasteiger partial charge in [-0.1, -0.05) is 0 Å². The van der Waals surface area contributed by atoms with Gasteiger partial charge in [0, 0.05) is 29.8 Å². The number of nitrogens with zero attached hydrogens (tertiary/aromatic N) is 1. The number of hydrogen-bond donors (Lipinski definition) is 1. The molecular formula is C14H11BrF4N2O. The fraction of sp³-hybridized carbons (Fsp3) is 0.214. The van der Waals surface area contributed by atoms with Gasteiger partial charge >= 0.3 is 6.18 Å². The van der Waals surface area contributed by atoms with Crippen molar-refractivity contribution in [3.63, 3.8) is 0 Å². The number of nitrogens with one attached hydrogen (secondary N) is 1. The van der Waals surface area contributed by atoms with Gasteiger partial charge in [-0.3, -0.25) is 4.79 Å². The normalized spacial score (nSPS) is 11.6. The minimum atomic E-state index is -4.65. The molecule has 0 radical (unpaired) electrons. The summed E-state index contributed by atoms with van der Waals surface area (Å²) in [5.74, 6) is -0.706. The maximum absolute atomic E-state index is 14.1. The average Bonchev–Trinajstić information content (AvgIpc) is 2.41. The highest BCUT2D eigenvalue weighted by atomic mass is 79.9. The SMILES string of the molecule is CNc1cc(-c2ccc(C(F)(F)F)n(C)c2=O)c(F)cc1Br. The molecule has 1 N–H and O–H groups in total. The molecule has 0 spiro atoms. The lowest BCUT2D eigenvalue weighted by molar-refractivity contribution is -0.143. The van der Waals surface area contributed by atoms with Crippen LogP contribution in [0.3, 0.4) is 0 Å². The molecular weight excluding hydrogens is 368 g/mol. The van der Waals surface area contributed by atoms with Crippen molar-refractivity contribution >= 4 is 21.6 Å². The largest absolute Gasteiger partial charge is 0.431 e. The third kappa shape index (κ3) is 2.87. The zero-order chi connectivity index (χ0) is 16.7. The van der Waals surface area contributed by atoms with E-state index in [4.69, 9.17) is 0 Å². The van der Waals surface area contributed by atoms with E-state index in [0.717, 1.165) is 25.2 Å². The van der Waals surface area contributed by atoms with Crippen LogP contribution >= 0.6 is 15.9 Å². The number of benzene rings is 1. The maximum Gasteiger partial charge on any atom is 0.431 e. The number of alkyl halides is 3. The summed E-state index contributed by atoms with van der Waals surface area (Å²) in [4.78, 5) is 12.1. The maximum atomic E-state index is 14.1. The van der Waals surface area contributed by atoms with E-state index >= 15 is 0 Å². The van der Waals surface area contributed by atoms with Gasteiger partial charge in [-0.2, -0.15) is 13.2 Å². The molecule has 1 aromatic heterocycles. The first kappa shape index (κ1) is 16.5.